The Morgan fingerprint density at radius 1 is 1.44 bits per heavy atom. The molecule has 18 heavy (non-hydrogen) atoms. The van der Waals surface area contributed by atoms with Crippen LogP contribution >= 0.6 is 27.5 Å². The number of nitrogens with one attached hydrogen (secondary N) is 1. The van der Waals surface area contributed by atoms with Gasteiger partial charge in [-0.05, 0) is 28.1 Å². The molecule has 1 aromatic rings. The molecule has 0 saturated heterocycles. The zero-order valence-electron chi connectivity index (χ0n) is 9.50. The number of carbonyl (C=O) groups is 2. The highest BCUT2D eigenvalue weighted by atomic mass is 79.9. The number of benzene rings is 1. The van der Waals surface area contributed by atoms with Gasteiger partial charge < -0.3 is 15.2 Å². The van der Waals surface area contributed by atoms with Crippen LogP contribution in [0.2, 0.25) is 5.02 Å². The lowest BCUT2D eigenvalue weighted by atomic mass is 10.2. The number of aliphatic carboxylic acids is 1. The van der Waals surface area contributed by atoms with Crippen molar-refractivity contribution < 1.29 is 19.4 Å². The van der Waals surface area contributed by atoms with Gasteiger partial charge in [0, 0.05) is 11.4 Å². The standard InChI is InChI=1S/C11H11BrClNO4/c1-18-11-7(12)4-6(13)5-8(11)14-9(15)2-3-10(16)17/h4-5H,2-3H2,1H3,(H,14,15)(H,16,17). The van der Waals surface area contributed by atoms with Crippen molar-refractivity contribution in [1.29, 1.82) is 0 Å². The Balaban J connectivity index is 2.83. The number of ether oxygens (including phenoxy) is 1. The van der Waals surface area contributed by atoms with Crippen molar-refractivity contribution in [2.45, 2.75) is 12.8 Å². The second-order valence-corrected chi connectivity index (χ2v) is 4.70. The molecule has 98 valence electrons. The fraction of sp³-hybridized carbons (Fsp3) is 0.273. The highest BCUT2D eigenvalue weighted by Gasteiger charge is 2.13. The average molecular weight is 337 g/mol. The number of hydrogen-bond acceptors (Lipinski definition) is 3. The molecule has 0 bridgehead atoms. The van der Waals surface area contributed by atoms with Gasteiger partial charge in [0.2, 0.25) is 5.91 Å². The van der Waals surface area contributed by atoms with Crippen LogP contribution in [-0.4, -0.2) is 24.1 Å². The van der Waals surface area contributed by atoms with Crippen molar-refractivity contribution in [3.05, 3.63) is 21.6 Å². The largest absolute Gasteiger partial charge is 0.493 e. The molecule has 0 atom stereocenters. The molecule has 0 heterocycles. The third-order valence-corrected chi connectivity index (χ3v) is 2.86. The maximum Gasteiger partial charge on any atom is 0.303 e. The second kappa shape index (κ2) is 6.61. The number of halogens is 2. The van der Waals surface area contributed by atoms with Crippen LogP contribution in [0, 0.1) is 0 Å². The van der Waals surface area contributed by atoms with Crippen molar-refractivity contribution in [3.63, 3.8) is 0 Å². The van der Waals surface area contributed by atoms with E-state index >= 15 is 0 Å². The maximum atomic E-state index is 11.5. The maximum absolute atomic E-state index is 11.5. The summed E-state index contributed by atoms with van der Waals surface area (Å²) in [6.07, 6.45) is -0.335. The van der Waals surface area contributed by atoms with Crippen molar-refractivity contribution in [3.8, 4) is 5.75 Å². The minimum Gasteiger partial charge on any atom is -0.493 e. The lowest BCUT2D eigenvalue weighted by Crippen LogP contribution is -2.14. The summed E-state index contributed by atoms with van der Waals surface area (Å²) in [5.74, 6) is -1.00. The fourth-order valence-corrected chi connectivity index (χ4v) is 2.27. The summed E-state index contributed by atoms with van der Waals surface area (Å²) in [4.78, 5) is 21.9. The Hall–Kier alpha value is -1.27. The molecule has 0 spiro atoms. The number of carbonyl (C=O) groups excluding carboxylic acids is 1. The Morgan fingerprint density at radius 2 is 2.11 bits per heavy atom. The third kappa shape index (κ3) is 4.19. The van der Waals surface area contributed by atoms with Crippen LogP contribution in [0.3, 0.4) is 0 Å². The number of rotatable bonds is 5. The summed E-state index contributed by atoms with van der Waals surface area (Å²) in [7, 11) is 1.46. The Kier molecular flexibility index (Phi) is 5.43. The van der Waals surface area contributed by atoms with Crippen LogP contribution in [-0.2, 0) is 9.59 Å². The summed E-state index contributed by atoms with van der Waals surface area (Å²) >= 11 is 9.11. The quantitative estimate of drug-likeness (QED) is 0.867. The third-order valence-electron chi connectivity index (χ3n) is 2.05. The predicted octanol–water partition coefficient (Wildman–Crippen LogP) is 2.91. The van der Waals surface area contributed by atoms with Crippen molar-refractivity contribution in [2.24, 2.45) is 0 Å². The molecule has 7 heteroatoms. The van der Waals surface area contributed by atoms with Crippen LogP contribution in [0.15, 0.2) is 16.6 Å². The van der Waals surface area contributed by atoms with Gasteiger partial charge in [-0.1, -0.05) is 11.6 Å². The molecule has 1 amide bonds. The van der Waals surface area contributed by atoms with E-state index in [0.29, 0.717) is 20.9 Å². The SMILES string of the molecule is COc1c(Br)cc(Cl)cc1NC(=O)CCC(=O)O. The average Bonchev–Trinajstić information content (AvgIpc) is 2.26. The Morgan fingerprint density at radius 3 is 2.67 bits per heavy atom. The van der Waals surface area contributed by atoms with Crippen LogP contribution in [0.1, 0.15) is 12.8 Å². The number of hydrogen-bond donors (Lipinski definition) is 2. The minimum absolute atomic E-state index is 0.109. The molecule has 0 fully saturated rings. The second-order valence-electron chi connectivity index (χ2n) is 3.41. The van der Waals surface area contributed by atoms with E-state index in [9.17, 15) is 9.59 Å². The van der Waals surface area contributed by atoms with Gasteiger partial charge in [0.15, 0.2) is 5.75 Å². The van der Waals surface area contributed by atoms with Crippen LogP contribution in [0.25, 0.3) is 0 Å². The van der Waals surface area contributed by atoms with Crippen LogP contribution in [0.5, 0.6) is 5.75 Å². The van der Waals surface area contributed by atoms with Crippen molar-refractivity contribution in [2.75, 3.05) is 12.4 Å². The van der Waals surface area contributed by atoms with Gasteiger partial charge in [0.05, 0.1) is 23.7 Å². The van der Waals surface area contributed by atoms with Gasteiger partial charge in [-0.3, -0.25) is 9.59 Å². The van der Waals surface area contributed by atoms with Crippen LogP contribution in [0.4, 0.5) is 5.69 Å². The number of carboxylic acid groups (broad SMARTS) is 1. The van der Waals surface area contributed by atoms with Gasteiger partial charge in [-0.15, -0.1) is 0 Å². The number of amides is 1. The van der Waals surface area contributed by atoms with E-state index in [0.717, 1.165) is 0 Å². The molecule has 5 nitrogen and oxygen atoms in total. The molecule has 1 aromatic carbocycles. The highest BCUT2D eigenvalue weighted by Crippen LogP contribution is 2.36. The predicted molar refractivity (Wildman–Crippen MR) is 71.2 cm³/mol. The number of methoxy groups -OCH3 is 1. The van der Waals surface area contributed by atoms with Crippen molar-refractivity contribution >= 4 is 45.1 Å². The first kappa shape index (κ1) is 14.8. The van der Waals surface area contributed by atoms with Gasteiger partial charge >= 0.3 is 5.97 Å². The molecule has 0 radical (unpaired) electrons. The van der Waals surface area contributed by atoms with E-state index < -0.39 is 11.9 Å². The molecular weight excluding hydrogens is 325 g/mol. The van der Waals surface area contributed by atoms with Gasteiger partial charge in [0.25, 0.3) is 0 Å². The molecular formula is C11H11BrClNO4. The fourth-order valence-electron chi connectivity index (χ4n) is 1.29. The molecule has 2 N–H and O–H groups in total. The first-order valence-electron chi connectivity index (χ1n) is 4.98. The summed E-state index contributed by atoms with van der Waals surface area (Å²) in [6.45, 7) is 0. The Bertz CT molecular complexity index is 478. The van der Waals surface area contributed by atoms with E-state index in [1.165, 1.54) is 13.2 Å². The summed E-state index contributed by atoms with van der Waals surface area (Å²) in [5, 5.41) is 11.5. The summed E-state index contributed by atoms with van der Waals surface area (Å²) in [6, 6.07) is 3.16. The zero-order valence-corrected chi connectivity index (χ0v) is 11.8. The normalized spacial score (nSPS) is 9.94. The molecule has 0 saturated carbocycles. The molecule has 0 aromatic heterocycles. The molecule has 0 aliphatic rings. The lowest BCUT2D eigenvalue weighted by Gasteiger charge is -2.12. The van der Waals surface area contributed by atoms with Crippen LogP contribution < -0.4 is 10.1 Å². The minimum atomic E-state index is -1.02. The topological polar surface area (TPSA) is 75.6 Å². The van der Waals surface area contributed by atoms with E-state index in [1.54, 1.807) is 6.07 Å². The molecule has 0 aliphatic heterocycles. The van der Waals surface area contributed by atoms with Gasteiger partial charge in [0.1, 0.15) is 0 Å². The monoisotopic (exact) mass is 335 g/mol. The van der Waals surface area contributed by atoms with Gasteiger partial charge in [-0.25, -0.2) is 0 Å². The van der Waals surface area contributed by atoms with E-state index in [-0.39, 0.29) is 12.8 Å². The summed E-state index contributed by atoms with van der Waals surface area (Å²) in [5.41, 5.74) is 0.396. The number of carboxylic acids is 1. The highest BCUT2D eigenvalue weighted by molar-refractivity contribution is 9.10. The van der Waals surface area contributed by atoms with Crippen molar-refractivity contribution in [1.82, 2.24) is 0 Å². The Labute approximate surface area is 117 Å². The molecule has 0 unspecified atom stereocenters. The first-order valence-corrected chi connectivity index (χ1v) is 6.15. The number of anilines is 1. The van der Waals surface area contributed by atoms with E-state index in [1.807, 2.05) is 0 Å². The first-order chi connectivity index (χ1) is 8.43. The van der Waals surface area contributed by atoms with Gasteiger partial charge in [-0.2, -0.15) is 0 Å². The van der Waals surface area contributed by atoms with E-state index in [4.69, 9.17) is 21.4 Å². The smallest absolute Gasteiger partial charge is 0.303 e. The lowest BCUT2D eigenvalue weighted by molar-refractivity contribution is -0.138. The summed E-state index contributed by atoms with van der Waals surface area (Å²) < 4.78 is 5.72. The zero-order chi connectivity index (χ0) is 13.7. The van der Waals surface area contributed by atoms with E-state index in [2.05, 4.69) is 21.2 Å². The molecule has 0 aliphatic carbocycles. The molecule has 1 rings (SSSR count).